The number of thiazole rings is 1. The van der Waals surface area contributed by atoms with Crippen LogP contribution in [-0.4, -0.2) is 14.6 Å². The molecule has 0 atom stereocenters. The molecule has 98 valence electrons. The molecule has 3 rings (SSSR count). The predicted octanol–water partition coefficient (Wildman–Crippen LogP) is 2.87. The Labute approximate surface area is 115 Å². The zero-order valence-corrected chi connectivity index (χ0v) is 11.7. The van der Waals surface area contributed by atoms with Crippen molar-refractivity contribution in [2.24, 2.45) is 5.73 Å². The molecule has 2 heterocycles. The second-order valence-corrected chi connectivity index (χ2v) is 5.34. The molecule has 0 saturated carbocycles. The van der Waals surface area contributed by atoms with Gasteiger partial charge in [-0.05, 0) is 12.0 Å². The largest absolute Gasteiger partial charge is 0.325 e. The molecule has 5 heteroatoms. The van der Waals surface area contributed by atoms with Gasteiger partial charge in [0.1, 0.15) is 0 Å². The van der Waals surface area contributed by atoms with Crippen LogP contribution in [0.4, 0.5) is 0 Å². The Bertz CT molecular complexity index is 681. The van der Waals surface area contributed by atoms with Crippen molar-refractivity contribution in [1.29, 1.82) is 0 Å². The Hall–Kier alpha value is -1.72. The zero-order chi connectivity index (χ0) is 13.2. The van der Waals surface area contributed by atoms with Gasteiger partial charge in [0.05, 0.1) is 5.69 Å². The second-order valence-electron chi connectivity index (χ2n) is 4.51. The van der Waals surface area contributed by atoms with Crippen LogP contribution in [0, 0.1) is 0 Å². The summed E-state index contributed by atoms with van der Waals surface area (Å²) in [6.45, 7) is 2.67. The van der Waals surface area contributed by atoms with Crippen LogP contribution >= 0.6 is 11.3 Å². The maximum atomic E-state index is 5.68. The first-order valence-electron chi connectivity index (χ1n) is 6.44. The van der Waals surface area contributed by atoms with Gasteiger partial charge in [0, 0.05) is 17.5 Å². The maximum absolute atomic E-state index is 5.68. The molecule has 0 amide bonds. The van der Waals surface area contributed by atoms with Crippen LogP contribution in [0.3, 0.4) is 0 Å². The summed E-state index contributed by atoms with van der Waals surface area (Å²) in [5, 5.41) is 6.53. The number of hydrogen-bond donors (Lipinski definition) is 1. The summed E-state index contributed by atoms with van der Waals surface area (Å²) in [6, 6.07) is 8.48. The van der Waals surface area contributed by atoms with Crippen LogP contribution < -0.4 is 5.73 Å². The average Bonchev–Trinajstić information content (AvgIpc) is 2.99. The summed E-state index contributed by atoms with van der Waals surface area (Å²) in [5.74, 6) is 0.768. The molecular formula is C14H16N4S. The standard InChI is InChI=1S/C14H16N4S/c1-2-3-10-4-6-11(7-5-10)13-16-14-18(17-13)12(8-15)9-19-14/h4-7,9H,2-3,8,15H2,1H3. The number of nitrogens with zero attached hydrogens (tertiary/aromatic N) is 3. The van der Waals surface area contributed by atoms with Crippen molar-refractivity contribution in [3.8, 4) is 11.4 Å². The molecule has 0 aliphatic heterocycles. The lowest BCUT2D eigenvalue weighted by atomic mass is 10.1. The number of aromatic nitrogens is 3. The van der Waals surface area contributed by atoms with Crippen molar-refractivity contribution in [2.45, 2.75) is 26.3 Å². The lowest BCUT2D eigenvalue weighted by Gasteiger charge is -1.99. The minimum atomic E-state index is 0.484. The van der Waals surface area contributed by atoms with Crippen LogP contribution in [0.1, 0.15) is 24.6 Å². The SMILES string of the molecule is CCCc1ccc(-c2nc3scc(CN)n3n2)cc1. The summed E-state index contributed by atoms with van der Waals surface area (Å²) < 4.78 is 1.83. The minimum absolute atomic E-state index is 0.484. The maximum Gasteiger partial charge on any atom is 0.212 e. The van der Waals surface area contributed by atoms with Crippen LogP contribution in [-0.2, 0) is 13.0 Å². The lowest BCUT2D eigenvalue weighted by Crippen LogP contribution is -2.01. The van der Waals surface area contributed by atoms with E-state index in [-0.39, 0.29) is 0 Å². The van der Waals surface area contributed by atoms with Gasteiger partial charge in [-0.2, -0.15) is 4.98 Å². The van der Waals surface area contributed by atoms with Gasteiger partial charge in [0.25, 0.3) is 0 Å². The molecule has 0 spiro atoms. The quantitative estimate of drug-likeness (QED) is 0.794. The summed E-state index contributed by atoms with van der Waals surface area (Å²) in [7, 11) is 0. The number of aryl methyl sites for hydroxylation is 1. The number of rotatable bonds is 4. The van der Waals surface area contributed by atoms with Gasteiger partial charge in [0.2, 0.25) is 4.96 Å². The summed E-state index contributed by atoms with van der Waals surface area (Å²) in [6.07, 6.45) is 2.28. The Kier molecular flexibility index (Phi) is 3.31. The van der Waals surface area contributed by atoms with E-state index >= 15 is 0 Å². The fourth-order valence-corrected chi connectivity index (χ4v) is 2.93. The molecule has 0 unspecified atom stereocenters. The molecule has 0 fully saturated rings. The van der Waals surface area contributed by atoms with Crippen LogP contribution in [0.5, 0.6) is 0 Å². The van der Waals surface area contributed by atoms with Crippen LogP contribution in [0.25, 0.3) is 16.3 Å². The van der Waals surface area contributed by atoms with Gasteiger partial charge in [-0.15, -0.1) is 16.4 Å². The molecular weight excluding hydrogens is 256 g/mol. The van der Waals surface area contributed by atoms with Crippen molar-refractivity contribution in [1.82, 2.24) is 14.6 Å². The molecule has 2 aromatic heterocycles. The number of benzene rings is 1. The molecule has 0 saturated heterocycles. The highest BCUT2D eigenvalue weighted by Crippen LogP contribution is 2.21. The lowest BCUT2D eigenvalue weighted by molar-refractivity contribution is 0.868. The normalized spacial score (nSPS) is 11.3. The van der Waals surface area contributed by atoms with Gasteiger partial charge in [-0.3, -0.25) is 0 Å². The van der Waals surface area contributed by atoms with E-state index < -0.39 is 0 Å². The summed E-state index contributed by atoms with van der Waals surface area (Å²) in [4.78, 5) is 5.44. The monoisotopic (exact) mass is 272 g/mol. The third-order valence-electron chi connectivity index (χ3n) is 3.11. The van der Waals surface area contributed by atoms with E-state index in [2.05, 4.69) is 41.3 Å². The van der Waals surface area contributed by atoms with Crippen LogP contribution in [0.15, 0.2) is 29.6 Å². The third kappa shape index (κ3) is 2.27. The van der Waals surface area contributed by atoms with E-state index in [0.29, 0.717) is 6.54 Å². The first-order chi connectivity index (χ1) is 9.31. The Balaban J connectivity index is 1.96. The Morgan fingerprint density at radius 1 is 1.26 bits per heavy atom. The molecule has 0 radical (unpaired) electrons. The number of hydrogen-bond acceptors (Lipinski definition) is 4. The predicted molar refractivity (Wildman–Crippen MR) is 78.2 cm³/mol. The van der Waals surface area contributed by atoms with Crippen molar-refractivity contribution in [2.75, 3.05) is 0 Å². The van der Waals surface area contributed by atoms with Gasteiger partial charge in [-0.25, -0.2) is 4.52 Å². The molecule has 3 aromatic rings. The van der Waals surface area contributed by atoms with Gasteiger partial charge < -0.3 is 5.73 Å². The van der Waals surface area contributed by atoms with Crippen molar-refractivity contribution in [3.05, 3.63) is 40.9 Å². The van der Waals surface area contributed by atoms with Crippen molar-refractivity contribution >= 4 is 16.3 Å². The van der Waals surface area contributed by atoms with Crippen molar-refractivity contribution < 1.29 is 0 Å². The first kappa shape index (κ1) is 12.3. The van der Waals surface area contributed by atoms with Gasteiger partial charge in [-0.1, -0.05) is 37.6 Å². The van der Waals surface area contributed by atoms with Crippen molar-refractivity contribution in [3.63, 3.8) is 0 Å². The highest BCUT2D eigenvalue weighted by molar-refractivity contribution is 7.15. The van der Waals surface area contributed by atoms with Crippen LogP contribution in [0.2, 0.25) is 0 Å². The Morgan fingerprint density at radius 2 is 2.05 bits per heavy atom. The Morgan fingerprint density at radius 3 is 2.74 bits per heavy atom. The third-order valence-corrected chi connectivity index (χ3v) is 3.97. The topological polar surface area (TPSA) is 56.2 Å². The van der Waals surface area contributed by atoms with Gasteiger partial charge in [0.15, 0.2) is 5.82 Å². The minimum Gasteiger partial charge on any atom is -0.325 e. The molecule has 0 aliphatic carbocycles. The fourth-order valence-electron chi connectivity index (χ4n) is 2.10. The summed E-state index contributed by atoms with van der Waals surface area (Å²) >= 11 is 1.57. The molecule has 0 aliphatic rings. The number of fused-ring (bicyclic) bond motifs is 1. The highest BCUT2D eigenvalue weighted by atomic mass is 32.1. The molecule has 19 heavy (non-hydrogen) atoms. The van der Waals surface area contributed by atoms with E-state index in [1.165, 1.54) is 5.56 Å². The highest BCUT2D eigenvalue weighted by Gasteiger charge is 2.10. The smallest absolute Gasteiger partial charge is 0.212 e. The average molecular weight is 272 g/mol. The molecule has 4 nitrogen and oxygen atoms in total. The molecule has 2 N–H and O–H groups in total. The van der Waals surface area contributed by atoms with E-state index in [9.17, 15) is 0 Å². The fraction of sp³-hybridized carbons (Fsp3) is 0.286. The molecule has 0 bridgehead atoms. The van der Waals surface area contributed by atoms with E-state index in [4.69, 9.17) is 5.73 Å². The zero-order valence-electron chi connectivity index (χ0n) is 10.8. The summed E-state index contributed by atoms with van der Waals surface area (Å²) in [5.41, 5.74) is 9.09. The first-order valence-corrected chi connectivity index (χ1v) is 7.32. The van der Waals surface area contributed by atoms with E-state index in [0.717, 1.165) is 34.9 Å². The number of nitrogens with two attached hydrogens (primary N) is 1. The molecule has 1 aromatic carbocycles. The van der Waals surface area contributed by atoms with Gasteiger partial charge >= 0.3 is 0 Å². The van der Waals surface area contributed by atoms with E-state index in [1.807, 2.05) is 9.90 Å². The second kappa shape index (κ2) is 5.11. The van der Waals surface area contributed by atoms with E-state index in [1.54, 1.807) is 11.3 Å².